The van der Waals surface area contributed by atoms with Crippen molar-refractivity contribution in [3.63, 3.8) is 0 Å². The zero-order valence-electron chi connectivity index (χ0n) is 25.6. The quantitative estimate of drug-likeness (QED) is 0.131. The molecule has 1 fully saturated rings. The number of amides is 1. The number of aryl methyl sites for hydroxylation is 1. The Bertz CT molecular complexity index is 1600. The normalized spacial score (nSPS) is 15.6. The van der Waals surface area contributed by atoms with Crippen molar-refractivity contribution in [3.05, 3.63) is 59.4 Å². The molecular formula is C30H42ClN7O5S. The van der Waals surface area contributed by atoms with Gasteiger partial charge in [-0.3, -0.25) is 15.5 Å². The lowest BCUT2D eigenvalue weighted by molar-refractivity contribution is -0.144. The van der Waals surface area contributed by atoms with Gasteiger partial charge in [0.05, 0.1) is 29.6 Å². The number of amidine groups is 1. The van der Waals surface area contributed by atoms with E-state index in [0.29, 0.717) is 36.3 Å². The molecule has 0 spiro atoms. The number of nitrogens with zero attached hydrogens (tertiary/aromatic N) is 3. The maximum Gasteiger partial charge on any atom is 0.338 e. The van der Waals surface area contributed by atoms with Crippen LogP contribution >= 0.6 is 12.4 Å². The first-order valence-corrected chi connectivity index (χ1v) is 16.3. The summed E-state index contributed by atoms with van der Waals surface area (Å²) < 4.78 is 32.0. The van der Waals surface area contributed by atoms with Crippen molar-refractivity contribution < 1.29 is 22.7 Å². The lowest BCUT2D eigenvalue weighted by Gasteiger charge is -2.37. The van der Waals surface area contributed by atoms with E-state index in [1.54, 1.807) is 26.0 Å². The second-order valence-corrected chi connectivity index (χ2v) is 13.3. The predicted molar refractivity (Wildman–Crippen MR) is 174 cm³/mol. The molecule has 240 valence electrons. The van der Waals surface area contributed by atoms with Crippen molar-refractivity contribution in [2.45, 2.75) is 50.4 Å². The summed E-state index contributed by atoms with van der Waals surface area (Å²) in [6.07, 6.45) is 3.82. The van der Waals surface area contributed by atoms with Gasteiger partial charge in [-0.05, 0) is 75.1 Å². The number of rotatable bonds is 12. The highest BCUT2D eigenvalue weighted by Crippen LogP contribution is 2.31. The van der Waals surface area contributed by atoms with Crippen molar-refractivity contribution in [2.24, 2.45) is 12.8 Å². The lowest BCUT2D eigenvalue weighted by atomic mass is 9.80. The van der Waals surface area contributed by atoms with E-state index in [-0.39, 0.29) is 37.3 Å². The second kappa shape index (κ2) is 14.4. The number of hydrogen-bond donors (Lipinski definition) is 4. The Labute approximate surface area is 264 Å². The molecule has 2 atom stereocenters. The number of nitrogens with one attached hydrogen (secondary N) is 3. The van der Waals surface area contributed by atoms with Gasteiger partial charge < -0.3 is 25.3 Å². The number of benzene rings is 2. The molecule has 44 heavy (non-hydrogen) atoms. The minimum atomic E-state index is -3.86. The largest absolute Gasteiger partial charge is 0.464 e. The fourth-order valence-corrected chi connectivity index (χ4v) is 6.17. The van der Waals surface area contributed by atoms with Crippen molar-refractivity contribution in [1.82, 2.24) is 19.8 Å². The summed E-state index contributed by atoms with van der Waals surface area (Å²) in [4.78, 5) is 33.3. The Kier molecular flexibility index (Phi) is 11.4. The van der Waals surface area contributed by atoms with E-state index in [4.69, 9.17) is 20.9 Å². The third kappa shape index (κ3) is 7.69. The fourth-order valence-electron chi connectivity index (χ4n) is 5.37. The number of fused-ring (bicyclic) bond motifs is 1. The molecule has 1 aliphatic heterocycles. The number of aromatic nitrogens is 2. The second-order valence-electron chi connectivity index (χ2n) is 11.2. The van der Waals surface area contributed by atoms with E-state index in [9.17, 15) is 18.0 Å². The number of halogens is 1. The van der Waals surface area contributed by atoms with Crippen LogP contribution in [0, 0.1) is 5.41 Å². The third-order valence-electron chi connectivity index (χ3n) is 7.94. The highest BCUT2D eigenvalue weighted by Gasteiger charge is 2.41. The van der Waals surface area contributed by atoms with Gasteiger partial charge >= 0.3 is 5.97 Å². The van der Waals surface area contributed by atoms with E-state index in [1.807, 2.05) is 46.8 Å². The maximum absolute atomic E-state index is 14.1. The van der Waals surface area contributed by atoms with Crippen LogP contribution in [0.1, 0.15) is 50.1 Å². The molecule has 1 aromatic heterocycles. The van der Waals surface area contributed by atoms with Gasteiger partial charge in [-0.15, -0.1) is 12.4 Å². The first-order valence-electron chi connectivity index (χ1n) is 14.4. The first-order chi connectivity index (χ1) is 20.3. The topological polar surface area (TPSA) is 172 Å². The van der Waals surface area contributed by atoms with E-state index in [0.717, 1.165) is 42.5 Å². The van der Waals surface area contributed by atoms with Crippen LogP contribution in [0.5, 0.6) is 0 Å². The molecule has 12 nitrogen and oxygen atoms in total. The summed E-state index contributed by atoms with van der Waals surface area (Å²) in [5, 5.41) is 12.1. The van der Waals surface area contributed by atoms with Gasteiger partial charge in [0.25, 0.3) is 0 Å². The number of nitrogens with two attached hydrogens (primary N) is 1. The van der Waals surface area contributed by atoms with Crippen LogP contribution in [0.4, 0.5) is 5.69 Å². The molecule has 1 saturated heterocycles. The molecule has 0 saturated carbocycles. The van der Waals surface area contributed by atoms with Crippen molar-refractivity contribution in [3.8, 4) is 0 Å². The summed E-state index contributed by atoms with van der Waals surface area (Å²) >= 11 is 0. The monoisotopic (exact) mass is 647 g/mol. The molecule has 3 aromatic rings. The average Bonchev–Trinajstić information content (AvgIpc) is 3.30. The molecule has 5 N–H and O–H groups in total. The van der Waals surface area contributed by atoms with E-state index in [1.165, 1.54) is 0 Å². The SMILES string of the molecule is CCOC(=O)C(NCC(C)(C(=O)N1CCCCC1)c1ccc2c(c1)nc(CNc1ccc(C(=N)N)cc1)n2C)S(C)(=O)=O.Cl. The van der Waals surface area contributed by atoms with E-state index in [2.05, 4.69) is 10.6 Å². The Morgan fingerprint density at radius 3 is 2.39 bits per heavy atom. The average molecular weight is 648 g/mol. The summed E-state index contributed by atoms with van der Waals surface area (Å²) in [5.74, 6) is -0.260. The molecule has 0 bridgehead atoms. The number of ether oxygens (including phenoxy) is 1. The predicted octanol–water partition coefficient (Wildman–Crippen LogP) is 2.68. The zero-order valence-corrected chi connectivity index (χ0v) is 27.2. The molecule has 14 heteroatoms. The van der Waals surface area contributed by atoms with Gasteiger partial charge in [-0.1, -0.05) is 6.07 Å². The standard InChI is InChI=1S/C30H41N7O5S.ClH/c1-5-42-28(38)27(43(4,40)41)34-19-30(2,29(39)37-15-7-6-8-16-37)21-11-14-24-23(17-21)35-25(36(24)3)18-33-22-12-9-20(10-13-22)26(31)32;/h9-14,17,27,33-34H,5-8,15-16,18-19H2,1-4H3,(H3,31,32);1H. The minimum Gasteiger partial charge on any atom is -0.464 e. The number of carbonyl (C=O) groups is 2. The van der Waals surface area contributed by atoms with Crippen LogP contribution in [0.3, 0.4) is 0 Å². The van der Waals surface area contributed by atoms with E-state index < -0.39 is 26.6 Å². The number of likely N-dealkylation sites (tertiary alicyclic amines) is 1. The molecule has 2 aromatic carbocycles. The van der Waals surface area contributed by atoms with Crippen LogP contribution in [-0.4, -0.2) is 78.5 Å². The van der Waals surface area contributed by atoms with Gasteiger partial charge in [0.1, 0.15) is 11.7 Å². The maximum atomic E-state index is 14.1. The smallest absolute Gasteiger partial charge is 0.338 e. The van der Waals surface area contributed by atoms with Gasteiger partial charge in [0.15, 0.2) is 9.84 Å². The minimum absolute atomic E-state index is 0. The highest BCUT2D eigenvalue weighted by atomic mass is 35.5. The summed E-state index contributed by atoms with van der Waals surface area (Å²) in [5.41, 5.74) is 8.08. The van der Waals surface area contributed by atoms with E-state index >= 15 is 0 Å². The Morgan fingerprint density at radius 2 is 1.80 bits per heavy atom. The van der Waals surface area contributed by atoms with Crippen molar-refractivity contribution >= 4 is 56.7 Å². The lowest BCUT2D eigenvalue weighted by Crippen LogP contribution is -2.55. The third-order valence-corrected chi connectivity index (χ3v) is 9.16. The van der Waals surface area contributed by atoms with Gasteiger partial charge in [-0.2, -0.15) is 0 Å². The van der Waals surface area contributed by atoms with Crippen LogP contribution < -0.4 is 16.4 Å². The molecular weight excluding hydrogens is 606 g/mol. The van der Waals surface area contributed by atoms with Crippen molar-refractivity contribution in [1.29, 1.82) is 5.41 Å². The number of nitrogen functional groups attached to an aromatic ring is 1. The molecule has 4 rings (SSSR count). The number of sulfone groups is 1. The van der Waals surface area contributed by atoms with Crippen molar-refractivity contribution in [2.75, 3.05) is 37.8 Å². The Balaban J connectivity index is 0.00000529. The van der Waals surface area contributed by atoms with Gasteiger partial charge in [0.2, 0.25) is 11.3 Å². The number of anilines is 1. The number of hydrogen-bond acceptors (Lipinski definition) is 9. The van der Waals surface area contributed by atoms with Crippen LogP contribution in [0.25, 0.3) is 11.0 Å². The molecule has 0 aliphatic carbocycles. The first kappa shape index (κ1) is 34.8. The molecule has 1 amide bonds. The van der Waals surface area contributed by atoms with Crippen LogP contribution in [0.15, 0.2) is 42.5 Å². The summed E-state index contributed by atoms with van der Waals surface area (Å²) in [6.45, 7) is 5.00. The van der Waals surface area contributed by atoms with Crippen LogP contribution in [0.2, 0.25) is 0 Å². The number of carbonyl (C=O) groups excluding carboxylic acids is 2. The van der Waals surface area contributed by atoms with Gasteiger partial charge in [-0.25, -0.2) is 18.2 Å². The summed E-state index contributed by atoms with van der Waals surface area (Å²) in [7, 11) is -1.95. The zero-order chi connectivity index (χ0) is 31.4. The molecule has 2 unspecified atom stereocenters. The fraction of sp³-hybridized carbons (Fsp3) is 0.467. The molecule has 0 radical (unpaired) electrons. The Hall–Kier alpha value is -3.68. The number of imidazole rings is 1. The summed E-state index contributed by atoms with van der Waals surface area (Å²) in [6, 6.07) is 12.9. The highest BCUT2D eigenvalue weighted by molar-refractivity contribution is 7.92. The van der Waals surface area contributed by atoms with Crippen LogP contribution in [-0.2, 0) is 43.2 Å². The molecule has 1 aliphatic rings. The van der Waals surface area contributed by atoms with Gasteiger partial charge in [0, 0.05) is 44.2 Å². The number of esters is 1. The Morgan fingerprint density at radius 1 is 1.14 bits per heavy atom. The number of piperidine rings is 1. The molecule has 2 heterocycles.